The Labute approximate surface area is 167 Å². The molecule has 2 aromatic rings. The SMILES string of the molecule is Cc1ncc([N+](=O)[O-])n1CC#CC(c1ccc(Cl)cc1Cl)N1CCOCC1. The van der Waals surface area contributed by atoms with Crippen LogP contribution in [0.2, 0.25) is 10.0 Å². The summed E-state index contributed by atoms with van der Waals surface area (Å²) in [5.41, 5.74) is 0.854. The van der Waals surface area contributed by atoms with Crippen molar-refractivity contribution in [3.63, 3.8) is 0 Å². The van der Waals surface area contributed by atoms with Crippen LogP contribution in [0.1, 0.15) is 17.4 Å². The molecule has 7 nitrogen and oxygen atoms in total. The lowest BCUT2D eigenvalue weighted by Crippen LogP contribution is -2.38. The van der Waals surface area contributed by atoms with Crippen molar-refractivity contribution in [3.8, 4) is 11.8 Å². The Kier molecular flexibility index (Phi) is 6.34. The number of aromatic nitrogens is 2. The summed E-state index contributed by atoms with van der Waals surface area (Å²) in [6.45, 7) is 4.58. The Morgan fingerprint density at radius 2 is 2.11 bits per heavy atom. The molecule has 1 saturated heterocycles. The van der Waals surface area contributed by atoms with Crippen molar-refractivity contribution in [3.05, 3.63) is 55.9 Å². The summed E-state index contributed by atoms with van der Waals surface area (Å²) in [4.78, 5) is 16.8. The van der Waals surface area contributed by atoms with E-state index in [9.17, 15) is 10.1 Å². The number of nitro groups is 1. The van der Waals surface area contributed by atoms with Crippen molar-refractivity contribution in [1.29, 1.82) is 0 Å². The second-order valence-corrected chi connectivity index (χ2v) is 6.89. The highest BCUT2D eigenvalue weighted by Crippen LogP contribution is 2.30. The van der Waals surface area contributed by atoms with Crippen LogP contribution in [0.15, 0.2) is 24.4 Å². The minimum absolute atomic E-state index is 0.0748. The molecule has 0 spiro atoms. The van der Waals surface area contributed by atoms with Gasteiger partial charge in [0.15, 0.2) is 12.4 Å². The maximum atomic E-state index is 11.1. The van der Waals surface area contributed by atoms with Gasteiger partial charge in [0, 0.05) is 35.6 Å². The first-order valence-electron chi connectivity index (χ1n) is 8.39. The zero-order valence-corrected chi connectivity index (χ0v) is 16.2. The predicted molar refractivity (Wildman–Crippen MR) is 103 cm³/mol. The van der Waals surface area contributed by atoms with Gasteiger partial charge in [-0.05, 0) is 17.1 Å². The number of ether oxygens (including phenoxy) is 1. The van der Waals surface area contributed by atoms with Crippen LogP contribution in [-0.4, -0.2) is 45.7 Å². The number of benzene rings is 1. The van der Waals surface area contributed by atoms with Crippen molar-refractivity contribution in [2.45, 2.75) is 19.5 Å². The summed E-state index contributed by atoms with van der Waals surface area (Å²) in [6, 6.07) is 5.09. The first-order valence-corrected chi connectivity index (χ1v) is 9.14. The van der Waals surface area contributed by atoms with Crippen molar-refractivity contribution in [2.75, 3.05) is 26.3 Å². The molecule has 1 aliphatic rings. The third-order valence-corrected chi connectivity index (χ3v) is 4.93. The number of halogens is 2. The zero-order valence-electron chi connectivity index (χ0n) is 14.7. The molecule has 1 aromatic carbocycles. The lowest BCUT2D eigenvalue weighted by molar-refractivity contribution is -0.392. The fourth-order valence-electron chi connectivity index (χ4n) is 2.94. The quantitative estimate of drug-likeness (QED) is 0.439. The highest BCUT2D eigenvalue weighted by atomic mass is 35.5. The summed E-state index contributed by atoms with van der Waals surface area (Å²) in [5, 5.41) is 12.2. The largest absolute Gasteiger partial charge is 0.379 e. The summed E-state index contributed by atoms with van der Waals surface area (Å²) in [6.07, 6.45) is 1.24. The topological polar surface area (TPSA) is 73.4 Å². The third kappa shape index (κ3) is 4.60. The molecule has 142 valence electrons. The predicted octanol–water partition coefficient (Wildman–Crippen LogP) is 3.48. The molecule has 1 aliphatic heterocycles. The fraction of sp³-hybridized carbons (Fsp3) is 0.389. The standard InChI is InChI=1S/C18H18Cl2N4O3/c1-13-21-12-18(24(25)26)23(13)6-2-3-17(22-7-9-27-10-8-22)15-5-4-14(19)11-16(15)20/h4-5,11-12,17H,6-10H2,1H3. The van der Waals surface area contributed by atoms with Crippen LogP contribution in [0.25, 0.3) is 0 Å². The van der Waals surface area contributed by atoms with Crippen LogP contribution in [0.5, 0.6) is 0 Å². The Bertz CT molecular complexity index is 898. The van der Waals surface area contributed by atoms with Gasteiger partial charge in [-0.1, -0.05) is 41.1 Å². The van der Waals surface area contributed by atoms with Crippen LogP contribution in [-0.2, 0) is 11.3 Å². The average molecular weight is 409 g/mol. The average Bonchev–Trinajstić information content (AvgIpc) is 3.01. The normalized spacial score (nSPS) is 15.8. The van der Waals surface area contributed by atoms with Crippen molar-refractivity contribution in [1.82, 2.24) is 14.5 Å². The number of hydrogen-bond acceptors (Lipinski definition) is 5. The monoisotopic (exact) mass is 408 g/mol. The second-order valence-electron chi connectivity index (χ2n) is 6.04. The third-order valence-electron chi connectivity index (χ3n) is 4.36. The fourth-order valence-corrected chi connectivity index (χ4v) is 3.46. The van der Waals surface area contributed by atoms with E-state index in [1.165, 1.54) is 10.8 Å². The zero-order chi connectivity index (χ0) is 19.4. The molecule has 1 unspecified atom stereocenters. The Morgan fingerprint density at radius 3 is 2.78 bits per heavy atom. The van der Waals surface area contributed by atoms with E-state index in [4.69, 9.17) is 27.9 Å². The summed E-state index contributed by atoms with van der Waals surface area (Å²) < 4.78 is 6.90. The summed E-state index contributed by atoms with van der Waals surface area (Å²) in [5.74, 6) is 6.75. The number of hydrogen-bond donors (Lipinski definition) is 0. The van der Waals surface area contributed by atoms with Crippen molar-refractivity contribution >= 4 is 29.0 Å². The van der Waals surface area contributed by atoms with Crippen LogP contribution in [0.3, 0.4) is 0 Å². The maximum Gasteiger partial charge on any atom is 0.343 e. The van der Waals surface area contributed by atoms with E-state index in [2.05, 4.69) is 21.7 Å². The molecule has 0 saturated carbocycles. The summed E-state index contributed by atoms with van der Waals surface area (Å²) >= 11 is 12.4. The van der Waals surface area contributed by atoms with Gasteiger partial charge < -0.3 is 14.9 Å². The van der Waals surface area contributed by atoms with E-state index >= 15 is 0 Å². The van der Waals surface area contributed by atoms with Gasteiger partial charge in [-0.3, -0.25) is 4.90 Å². The van der Waals surface area contributed by atoms with Crippen LogP contribution in [0.4, 0.5) is 5.82 Å². The Balaban J connectivity index is 1.90. The van der Waals surface area contributed by atoms with E-state index < -0.39 is 4.92 Å². The molecule has 9 heteroatoms. The second kappa shape index (κ2) is 8.72. The number of rotatable bonds is 4. The Hall–Kier alpha value is -2.11. The number of nitrogens with zero attached hydrogens (tertiary/aromatic N) is 4. The lowest BCUT2D eigenvalue weighted by Gasteiger charge is -2.32. The van der Waals surface area contributed by atoms with Crippen molar-refractivity contribution in [2.24, 2.45) is 0 Å². The minimum Gasteiger partial charge on any atom is -0.379 e. The highest BCUT2D eigenvalue weighted by molar-refractivity contribution is 6.35. The maximum absolute atomic E-state index is 11.1. The molecule has 0 radical (unpaired) electrons. The van der Waals surface area contributed by atoms with Crippen molar-refractivity contribution < 1.29 is 9.66 Å². The first-order chi connectivity index (χ1) is 13.0. The highest BCUT2D eigenvalue weighted by Gasteiger charge is 2.23. The van der Waals surface area contributed by atoms with Gasteiger partial charge in [-0.25, -0.2) is 4.98 Å². The van der Waals surface area contributed by atoms with Gasteiger partial charge in [0.1, 0.15) is 6.20 Å². The smallest absolute Gasteiger partial charge is 0.343 e. The lowest BCUT2D eigenvalue weighted by atomic mass is 10.0. The van der Waals surface area contributed by atoms with Crippen LogP contribution >= 0.6 is 23.2 Å². The molecule has 0 N–H and O–H groups in total. The summed E-state index contributed by atoms with van der Waals surface area (Å²) in [7, 11) is 0. The number of morpholine rings is 1. The van der Waals surface area contributed by atoms with Gasteiger partial charge >= 0.3 is 5.82 Å². The van der Waals surface area contributed by atoms with E-state index in [-0.39, 0.29) is 18.4 Å². The molecule has 0 bridgehead atoms. The van der Waals surface area contributed by atoms with Crippen LogP contribution < -0.4 is 0 Å². The van der Waals surface area contributed by atoms with Gasteiger partial charge in [0.2, 0.25) is 0 Å². The van der Waals surface area contributed by atoms with E-state index in [1.54, 1.807) is 19.1 Å². The number of aryl methyl sites for hydroxylation is 1. The molecule has 2 heterocycles. The van der Waals surface area contributed by atoms with E-state index in [0.717, 1.165) is 18.7 Å². The molecule has 27 heavy (non-hydrogen) atoms. The van der Waals surface area contributed by atoms with E-state index in [1.807, 2.05) is 6.07 Å². The van der Waals surface area contributed by atoms with E-state index in [0.29, 0.717) is 29.1 Å². The molecular formula is C18H18Cl2N4O3. The molecule has 0 aliphatic carbocycles. The first kappa shape index (κ1) is 19.6. The van der Waals surface area contributed by atoms with Gasteiger partial charge in [-0.2, -0.15) is 4.57 Å². The number of imidazole rings is 1. The minimum atomic E-state index is -0.461. The molecule has 3 rings (SSSR count). The molecule has 1 atom stereocenters. The van der Waals surface area contributed by atoms with Crippen LogP contribution in [0, 0.1) is 28.9 Å². The Morgan fingerprint density at radius 1 is 1.37 bits per heavy atom. The van der Waals surface area contributed by atoms with Gasteiger partial charge in [-0.15, -0.1) is 0 Å². The molecule has 1 fully saturated rings. The molecule has 1 aromatic heterocycles. The molecule has 0 amide bonds. The van der Waals surface area contributed by atoms with Gasteiger partial charge in [0.25, 0.3) is 0 Å². The molecular weight excluding hydrogens is 391 g/mol. The van der Waals surface area contributed by atoms with Gasteiger partial charge in [0.05, 0.1) is 19.3 Å².